The maximum absolute atomic E-state index is 11.4. The Morgan fingerprint density at radius 2 is 2.12 bits per heavy atom. The monoisotopic (exact) mass is 236 g/mol. The van der Waals surface area contributed by atoms with Crippen molar-refractivity contribution in [3.8, 4) is 0 Å². The minimum atomic E-state index is -1.04. The van der Waals surface area contributed by atoms with Crippen LogP contribution in [0.25, 0.3) is 0 Å². The van der Waals surface area contributed by atoms with Gasteiger partial charge in [0, 0.05) is 0 Å². The first-order valence-corrected chi connectivity index (χ1v) is 4.90. The number of rotatable bonds is 5. The third-order valence-electron chi connectivity index (χ3n) is 2.08. The number of aliphatic hydroxyl groups is 2. The van der Waals surface area contributed by atoms with Gasteiger partial charge in [-0.25, -0.2) is 4.79 Å². The van der Waals surface area contributed by atoms with E-state index in [0.717, 1.165) is 0 Å². The van der Waals surface area contributed by atoms with Crippen LogP contribution < -0.4 is 0 Å². The summed E-state index contributed by atoms with van der Waals surface area (Å²) in [7, 11) is 0. The summed E-state index contributed by atoms with van der Waals surface area (Å²) in [6.07, 6.45) is 1.65. The number of hydrogen-bond acceptors (Lipinski definition) is 5. The summed E-state index contributed by atoms with van der Waals surface area (Å²) < 4.78 is 4.22. The van der Waals surface area contributed by atoms with Gasteiger partial charge in [0.25, 0.3) is 0 Å². The smallest absolute Gasteiger partial charge is 0.345 e. The Bertz CT molecular complexity index is 425. The molecule has 0 heterocycles. The molecule has 1 rings (SSSR count). The quantitative estimate of drug-likeness (QED) is 0.338. The molecule has 90 valence electrons. The predicted molar refractivity (Wildman–Crippen MR) is 59.1 cm³/mol. The van der Waals surface area contributed by atoms with Crippen LogP contribution in [0.5, 0.6) is 0 Å². The van der Waals surface area contributed by atoms with Gasteiger partial charge in [0.2, 0.25) is 0 Å². The Balaban J connectivity index is 3.02. The second kappa shape index (κ2) is 6.57. The Kier molecular flexibility index (Phi) is 5.06. The molecule has 0 aliphatic rings. The van der Waals surface area contributed by atoms with Crippen molar-refractivity contribution in [3.63, 3.8) is 0 Å². The highest BCUT2D eigenvalue weighted by Gasteiger charge is 2.16. The predicted octanol–water partition coefficient (Wildman–Crippen LogP) is 0.582. The summed E-state index contributed by atoms with van der Waals surface area (Å²) >= 11 is 0. The van der Waals surface area contributed by atoms with Crippen molar-refractivity contribution in [2.75, 3.05) is 6.61 Å². The summed E-state index contributed by atoms with van der Waals surface area (Å²) in [5, 5.41) is 18.3. The maximum Gasteiger partial charge on any atom is 0.345 e. The molecule has 0 fully saturated rings. The van der Waals surface area contributed by atoms with E-state index in [1.807, 2.05) is 0 Å². The number of carbonyl (C=O) groups excluding carboxylic acids is 2. The molecule has 1 aromatic rings. The second-order valence-electron chi connectivity index (χ2n) is 3.14. The van der Waals surface area contributed by atoms with Gasteiger partial charge in [-0.2, -0.15) is 0 Å². The zero-order valence-electron chi connectivity index (χ0n) is 8.95. The van der Waals surface area contributed by atoms with Crippen molar-refractivity contribution in [2.45, 2.75) is 6.10 Å². The summed E-state index contributed by atoms with van der Waals surface area (Å²) in [6.45, 7) is -0.174. The normalized spacial score (nSPS) is 12.4. The van der Waals surface area contributed by atoms with E-state index in [4.69, 9.17) is 5.11 Å². The number of ether oxygens (including phenoxy) is 1. The molecule has 1 aromatic carbocycles. The van der Waals surface area contributed by atoms with Gasteiger partial charge < -0.3 is 14.9 Å². The molecule has 2 N–H and O–H groups in total. The molecule has 0 saturated heterocycles. The van der Waals surface area contributed by atoms with Crippen LogP contribution in [0.2, 0.25) is 0 Å². The van der Waals surface area contributed by atoms with Crippen LogP contribution in [-0.2, 0) is 9.53 Å². The first kappa shape index (κ1) is 13.1. The highest BCUT2D eigenvalue weighted by molar-refractivity contribution is 5.94. The van der Waals surface area contributed by atoms with Crippen molar-refractivity contribution in [1.82, 2.24) is 0 Å². The summed E-state index contributed by atoms with van der Waals surface area (Å²) in [6, 6.07) is 6.21. The number of aliphatic hydroxyl groups excluding tert-OH is 2. The van der Waals surface area contributed by atoms with E-state index < -0.39 is 12.1 Å². The average Bonchev–Trinajstić information content (AvgIpc) is 2.36. The maximum atomic E-state index is 11.4. The van der Waals surface area contributed by atoms with Gasteiger partial charge in [0.1, 0.15) is 0 Å². The van der Waals surface area contributed by atoms with E-state index in [1.54, 1.807) is 12.1 Å². The van der Waals surface area contributed by atoms with Crippen LogP contribution in [0, 0.1) is 0 Å². The molecule has 17 heavy (non-hydrogen) atoms. The van der Waals surface area contributed by atoms with E-state index in [1.165, 1.54) is 24.3 Å². The third-order valence-corrected chi connectivity index (χ3v) is 2.08. The zero-order chi connectivity index (χ0) is 12.7. The standard InChI is InChI=1S/C12H12O5/c13-7-3-6-11(15)9-4-1-2-5-10(9)12(16)17-8-14/h1-6,8,11,13,15H,7H2. The highest BCUT2D eigenvalue weighted by atomic mass is 16.6. The molecule has 5 nitrogen and oxygen atoms in total. The minimum absolute atomic E-state index is 0.0368. The van der Waals surface area contributed by atoms with Crippen LogP contribution >= 0.6 is 0 Å². The number of carbonyl (C=O) groups is 2. The van der Waals surface area contributed by atoms with Gasteiger partial charge in [-0.15, -0.1) is 0 Å². The van der Waals surface area contributed by atoms with Crippen molar-refractivity contribution < 1.29 is 24.5 Å². The van der Waals surface area contributed by atoms with Gasteiger partial charge in [-0.3, -0.25) is 4.79 Å². The largest absolute Gasteiger partial charge is 0.392 e. The lowest BCUT2D eigenvalue weighted by Gasteiger charge is -2.10. The van der Waals surface area contributed by atoms with Crippen LogP contribution in [0.1, 0.15) is 22.0 Å². The van der Waals surface area contributed by atoms with E-state index in [-0.39, 0.29) is 18.6 Å². The van der Waals surface area contributed by atoms with Crippen LogP contribution in [-0.4, -0.2) is 29.3 Å². The lowest BCUT2D eigenvalue weighted by Crippen LogP contribution is -2.09. The minimum Gasteiger partial charge on any atom is -0.392 e. The SMILES string of the molecule is O=COC(=O)c1ccccc1C(O)C=CCO. The molecule has 0 amide bonds. The van der Waals surface area contributed by atoms with Gasteiger partial charge in [-0.05, 0) is 11.6 Å². The second-order valence-corrected chi connectivity index (χ2v) is 3.14. The fourth-order valence-electron chi connectivity index (χ4n) is 1.34. The molecule has 0 saturated carbocycles. The number of hydrogen-bond donors (Lipinski definition) is 2. The topological polar surface area (TPSA) is 83.8 Å². The average molecular weight is 236 g/mol. The molecule has 0 bridgehead atoms. The highest BCUT2D eigenvalue weighted by Crippen LogP contribution is 2.19. The summed E-state index contributed by atoms with van der Waals surface area (Å²) in [5.74, 6) is -0.827. The molecule has 1 unspecified atom stereocenters. The van der Waals surface area contributed by atoms with Gasteiger partial charge in [-0.1, -0.05) is 30.4 Å². The third kappa shape index (κ3) is 3.51. The molecule has 0 radical (unpaired) electrons. The summed E-state index contributed by atoms with van der Waals surface area (Å²) in [4.78, 5) is 21.5. The molecule has 1 atom stereocenters. The summed E-state index contributed by atoms with van der Waals surface area (Å²) in [5.41, 5.74) is 0.415. The van der Waals surface area contributed by atoms with Gasteiger partial charge in [0.05, 0.1) is 18.3 Å². The Morgan fingerprint density at radius 1 is 1.41 bits per heavy atom. The zero-order valence-corrected chi connectivity index (χ0v) is 8.95. The fraction of sp³-hybridized carbons (Fsp3) is 0.167. The van der Waals surface area contributed by atoms with Crippen molar-refractivity contribution in [2.24, 2.45) is 0 Å². The van der Waals surface area contributed by atoms with E-state index >= 15 is 0 Å². The molecule has 0 aromatic heterocycles. The molecular formula is C12H12O5. The lowest BCUT2D eigenvalue weighted by atomic mass is 10.0. The Hall–Kier alpha value is -1.98. The molecule has 5 heteroatoms. The fourth-order valence-corrected chi connectivity index (χ4v) is 1.34. The van der Waals surface area contributed by atoms with Crippen molar-refractivity contribution in [1.29, 1.82) is 0 Å². The van der Waals surface area contributed by atoms with E-state index in [2.05, 4.69) is 4.74 Å². The van der Waals surface area contributed by atoms with Crippen LogP contribution in [0.15, 0.2) is 36.4 Å². The molecule has 0 spiro atoms. The Morgan fingerprint density at radius 3 is 2.76 bits per heavy atom. The van der Waals surface area contributed by atoms with E-state index in [9.17, 15) is 14.7 Å². The lowest BCUT2D eigenvalue weighted by molar-refractivity contribution is -0.123. The van der Waals surface area contributed by atoms with E-state index in [0.29, 0.717) is 5.56 Å². The van der Waals surface area contributed by atoms with Crippen molar-refractivity contribution >= 4 is 12.4 Å². The first-order valence-electron chi connectivity index (χ1n) is 4.90. The number of esters is 1. The van der Waals surface area contributed by atoms with Gasteiger partial charge >= 0.3 is 12.4 Å². The Labute approximate surface area is 98.0 Å². The molecular weight excluding hydrogens is 224 g/mol. The van der Waals surface area contributed by atoms with Crippen LogP contribution in [0.3, 0.4) is 0 Å². The first-order chi connectivity index (χ1) is 8.20. The van der Waals surface area contributed by atoms with Crippen molar-refractivity contribution in [3.05, 3.63) is 47.5 Å². The van der Waals surface area contributed by atoms with Crippen LogP contribution in [0.4, 0.5) is 0 Å². The number of benzene rings is 1. The molecule has 0 aliphatic carbocycles. The van der Waals surface area contributed by atoms with Gasteiger partial charge in [0.15, 0.2) is 0 Å². The molecule has 0 aliphatic heterocycles.